The zero-order valence-corrected chi connectivity index (χ0v) is 12.3. The molecule has 0 saturated carbocycles. The van der Waals surface area contributed by atoms with Gasteiger partial charge >= 0.3 is 0 Å². The van der Waals surface area contributed by atoms with Crippen molar-refractivity contribution in [3.05, 3.63) is 28.0 Å². The fourth-order valence-electron chi connectivity index (χ4n) is 1.86. The van der Waals surface area contributed by atoms with Crippen molar-refractivity contribution in [2.75, 3.05) is 14.2 Å². The molecule has 1 rings (SSSR count). The van der Waals surface area contributed by atoms with Crippen molar-refractivity contribution in [3.63, 3.8) is 0 Å². The van der Waals surface area contributed by atoms with Gasteiger partial charge in [-0.05, 0) is 41.4 Å². The Kier molecular flexibility index (Phi) is 5.40. The monoisotopic (exact) mass is 303 g/mol. The highest BCUT2D eigenvalue weighted by Gasteiger charge is 2.18. The molecule has 2 nitrogen and oxygen atoms in total. The summed E-state index contributed by atoms with van der Waals surface area (Å²) in [6, 6.07) is 3.38. The van der Waals surface area contributed by atoms with Gasteiger partial charge in [-0.3, -0.25) is 0 Å². The number of methoxy groups -OCH3 is 1. The maximum atomic E-state index is 13.4. The molecule has 17 heavy (non-hydrogen) atoms. The molecule has 0 aliphatic heterocycles. The summed E-state index contributed by atoms with van der Waals surface area (Å²) < 4.78 is 19.1. The minimum atomic E-state index is -0.301. The highest BCUT2D eigenvalue weighted by Crippen LogP contribution is 2.33. The van der Waals surface area contributed by atoms with E-state index < -0.39 is 0 Å². The average molecular weight is 304 g/mol. The average Bonchev–Trinajstić information content (AvgIpc) is 2.28. The van der Waals surface area contributed by atoms with E-state index in [9.17, 15) is 4.39 Å². The summed E-state index contributed by atoms with van der Waals surface area (Å²) in [4.78, 5) is 0. The predicted molar refractivity (Wildman–Crippen MR) is 71.9 cm³/mol. The standard InChI is InChI=1S/C13H19BrFNO/c1-8(2)5-12(16-3)9-6-10(14)11(15)7-13(9)17-4/h6-8,12,16H,5H2,1-4H3. The van der Waals surface area contributed by atoms with Crippen LogP contribution >= 0.6 is 15.9 Å². The molecule has 1 aromatic carbocycles. The van der Waals surface area contributed by atoms with Gasteiger partial charge in [-0.25, -0.2) is 4.39 Å². The topological polar surface area (TPSA) is 21.3 Å². The van der Waals surface area contributed by atoms with Crippen molar-refractivity contribution in [2.45, 2.75) is 26.3 Å². The Hall–Kier alpha value is -0.610. The normalized spacial score (nSPS) is 12.9. The van der Waals surface area contributed by atoms with Crippen molar-refractivity contribution in [2.24, 2.45) is 5.92 Å². The van der Waals surface area contributed by atoms with E-state index in [1.165, 1.54) is 6.07 Å². The van der Waals surface area contributed by atoms with E-state index in [2.05, 4.69) is 35.1 Å². The van der Waals surface area contributed by atoms with Crippen LogP contribution in [0.4, 0.5) is 4.39 Å². The number of hydrogen-bond donors (Lipinski definition) is 1. The van der Waals surface area contributed by atoms with Crippen molar-refractivity contribution in [3.8, 4) is 5.75 Å². The summed E-state index contributed by atoms with van der Waals surface area (Å²) in [6.07, 6.45) is 0.977. The molecule has 0 aliphatic carbocycles. The molecule has 1 unspecified atom stereocenters. The van der Waals surface area contributed by atoms with E-state index in [4.69, 9.17) is 4.74 Å². The Morgan fingerprint density at radius 2 is 2.06 bits per heavy atom. The smallest absolute Gasteiger partial charge is 0.141 e. The van der Waals surface area contributed by atoms with Crippen molar-refractivity contribution < 1.29 is 9.13 Å². The Bertz CT molecular complexity index is 382. The van der Waals surface area contributed by atoms with Crippen molar-refractivity contribution in [1.29, 1.82) is 0 Å². The first-order valence-corrected chi connectivity index (χ1v) is 6.49. The van der Waals surface area contributed by atoms with Gasteiger partial charge in [0.15, 0.2) is 0 Å². The van der Waals surface area contributed by atoms with Crippen LogP contribution in [-0.4, -0.2) is 14.2 Å². The number of rotatable bonds is 5. The van der Waals surface area contributed by atoms with Gasteiger partial charge in [0.05, 0.1) is 11.6 Å². The van der Waals surface area contributed by atoms with E-state index in [0.717, 1.165) is 12.0 Å². The zero-order chi connectivity index (χ0) is 13.0. The van der Waals surface area contributed by atoms with Gasteiger partial charge in [0.1, 0.15) is 11.6 Å². The quantitative estimate of drug-likeness (QED) is 0.890. The largest absolute Gasteiger partial charge is 0.496 e. The molecule has 0 aliphatic rings. The molecule has 0 amide bonds. The molecular formula is C13H19BrFNO. The molecule has 0 saturated heterocycles. The molecule has 4 heteroatoms. The Morgan fingerprint density at radius 3 is 2.53 bits per heavy atom. The van der Waals surface area contributed by atoms with Crippen LogP contribution in [0.1, 0.15) is 31.9 Å². The molecule has 1 N–H and O–H groups in total. The van der Waals surface area contributed by atoms with Gasteiger partial charge in [-0.15, -0.1) is 0 Å². The maximum Gasteiger partial charge on any atom is 0.141 e. The lowest BCUT2D eigenvalue weighted by atomic mass is 9.96. The van der Waals surface area contributed by atoms with Crippen LogP contribution in [0, 0.1) is 11.7 Å². The number of halogens is 2. The predicted octanol–water partition coefficient (Wildman–Crippen LogP) is 3.90. The Balaban J connectivity index is 3.12. The van der Waals surface area contributed by atoms with E-state index in [0.29, 0.717) is 16.1 Å². The summed E-state index contributed by atoms with van der Waals surface area (Å²) in [5, 5.41) is 3.25. The lowest BCUT2D eigenvalue weighted by molar-refractivity contribution is 0.385. The second-order valence-electron chi connectivity index (χ2n) is 4.48. The summed E-state index contributed by atoms with van der Waals surface area (Å²) in [5.41, 5.74) is 0.983. The third-order valence-electron chi connectivity index (χ3n) is 2.70. The number of benzene rings is 1. The molecule has 0 aromatic heterocycles. The number of nitrogens with one attached hydrogen (secondary N) is 1. The Labute approximate surface area is 111 Å². The van der Waals surface area contributed by atoms with Gasteiger partial charge < -0.3 is 10.1 Å². The molecule has 1 aromatic rings. The first-order valence-electron chi connectivity index (χ1n) is 5.69. The fraction of sp³-hybridized carbons (Fsp3) is 0.538. The van der Waals surface area contributed by atoms with Crippen LogP contribution in [0.15, 0.2) is 16.6 Å². The lowest BCUT2D eigenvalue weighted by Crippen LogP contribution is -2.19. The van der Waals surface area contributed by atoms with E-state index >= 15 is 0 Å². The van der Waals surface area contributed by atoms with Crippen LogP contribution in [-0.2, 0) is 0 Å². The van der Waals surface area contributed by atoms with Crippen LogP contribution in [0.3, 0.4) is 0 Å². The molecule has 0 fully saturated rings. The Morgan fingerprint density at radius 1 is 1.41 bits per heavy atom. The van der Waals surface area contributed by atoms with Crippen molar-refractivity contribution in [1.82, 2.24) is 5.32 Å². The number of hydrogen-bond acceptors (Lipinski definition) is 2. The third-order valence-corrected chi connectivity index (χ3v) is 3.31. The fourth-order valence-corrected chi connectivity index (χ4v) is 2.23. The van der Waals surface area contributed by atoms with E-state index in [1.807, 2.05) is 7.05 Å². The minimum Gasteiger partial charge on any atom is -0.496 e. The molecule has 0 heterocycles. The van der Waals surface area contributed by atoms with Gasteiger partial charge in [0.2, 0.25) is 0 Å². The lowest BCUT2D eigenvalue weighted by Gasteiger charge is -2.21. The molecule has 0 radical (unpaired) electrons. The molecule has 96 valence electrons. The van der Waals surface area contributed by atoms with Gasteiger partial charge in [-0.2, -0.15) is 0 Å². The SMILES string of the molecule is CNC(CC(C)C)c1cc(Br)c(F)cc1OC. The third kappa shape index (κ3) is 3.68. The van der Waals surface area contributed by atoms with E-state index in [-0.39, 0.29) is 11.9 Å². The minimum absolute atomic E-state index is 0.168. The first-order chi connectivity index (χ1) is 7.99. The van der Waals surface area contributed by atoms with Gasteiger partial charge in [0.25, 0.3) is 0 Å². The summed E-state index contributed by atoms with van der Waals surface area (Å²) in [6.45, 7) is 4.32. The van der Waals surface area contributed by atoms with Gasteiger partial charge in [0, 0.05) is 17.7 Å². The highest BCUT2D eigenvalue weighted by atomic mass is 79.9. The summed E-state index contributed by atoms with van der Waals surface area (Å²) in [5.74, 6) is 0.844. The van der Waals surface area contributed by atoms with Crippen LogP contribution in [0.5, 0.6) is 5.75 Å². The zero-order valence-electron chi connectivity index (χ0n) is 10.7. The second-order valence-corrected chi connectivity index (χ2v) is 5.33. The molecule has 0 bridgehead atoms. The highest BCUT2D eigenvalue weighted by molar-refractivity contribution is 9.10. The maximum absolute atomic E-state index is 13.4. The molecule has 1 atom stereocenters. The van der Waals surface area contributed by atoms with Gasteiger partial charge in [-0.1, -0.05) is 13.8 Å². The molecular weight excluding hydrogens is 285 g/mol. The molecule has 0 spiro atoms. The first kappa shape index (κ1) is 14.5. The number of ether oxygens (including phenoxy) is 1. The van der Waals surface area contributed by atoms with Crippen LogP contribution < -0.4 is 10.1 Å². The van der Waals surface area contributed by atoms with E-state index in [1.54, 1.807) is 13.2 Å². The van der Waals surface area contributed by atoms with Crippen LogP contribution in [0.25, 0.3) is 0 Å². The second kappa shape index (κ2) is 6.36. The summed E-state index contributed by atoms with van der Waals surface area (Å²) >= 11 is 3.21. The van der Waals surface area contributed by atoms with Crippen molar-refractivity contribution >= 4 is 15.9 Å². The van der Waals surface area contributed by atoms with Crippen LogP contribution in [0.2, 0.25) is 0 Å². The summed E-state index contributed by atoms with van der Waals surface area (Å²) in [7, 11) is 3.47.